The summed E-state index contributed by atoms with van der Waals surface area (Å²) < 4.78 is 26.7. The standard InChI is InChI=1S/C14H11N3O4S.Na.H/c1-10-2-5-12(6-3-10)22(20,21)16-13-7-4-11(9-15)8-14(13)17(18)19;;/h2-8,16H,1H3;;. The molecule has 7 nitrogen and oxygen atoms in total. The van der Waals surface area contributed by atoms with E-state index in [2.05, 4.69) is 4.72 Å². The zero-order valence-corrected chi connectivity index (χ0v) is 12.3. The number of anilines is 1. The van der Waals surface area contributed by atoms with E-state index in [1.54, 1.807) is 18.2 Å². The summed E-state index contributed by atoms with van der Waals surface area (Å²) in [5, 5.41) is 19.8. The summed E-state index contributed by atoms with van der Waals surface area (Å²) in [4.78, 5) is 10.3. The third-order valence-electron chi connectivity index (χ3n) is 2.90. The van der Waals surface area contributed by atoms with E-state index in [9.17, 15) is 18.5 Å². The summed E-state index contributed by atoms with van der Waals surface area (Å²) in [5.41, 5.74) is 0.299. The fourth-order valence-corrected chi connectivity index (χ4v) is 2.83. The van der Waals surface area contributed by atoms with Gasteiger partial charge in [-0.25, -0.2) is 8.42 Å². The Balaban J connectivity index is 0.00000264. The number of nitrogens with zero attached hydrogens (tertiary/aromatic N) is 2. The first-order chi connectivity index (χ1) is 10.3. The number of nitriles is 1. The summed E-state index contributed by atoms with van der Waals surface area (Å²) in [6.07, 6.45) is 0. The minimum atomic E-state index is -3.94. The first kappa shape index (κ1) is 19.1. The van der Waals surface area contributed by atoms with Gasteiger partial charge in [-0.2, -0.15) is 5.26 Å². The molecule has 23 heavy (non-hydrogen) atoms. The summed E-state index contributed by atoms with van der Waals surface area (Å²) >= 11 is 0. The molecule has 0 saturated heterocycles. The number of aryl methyl sites for hydroxylation is 1. The van der Waals surface area contributed by atoms with Gasteiger partial charge in [0.05, 0.1) is 21.5 Å². The molecule has 9 heteroatoms. The van der Waals surface area contributed by atoms with Gasteiger partial charge in [0.1, 0.15) is 5.69 Å². The van der Waals surface area contributed by atoms with E-state index in [-0.39, 0.29) is 45.7 Å². The average molecular weight is 341 g/mol. The Morgan fingerprint density at radius 3 is 2.30 bits per heavy atom. The zero-order chi connectivity index (χ0) is 16.3. The molecule has 0 spiro atoms. The molecule has 2 aromatic carbocycles. The van der Waals surface area contributed by atoms with Crippen molar-refractivity contribution in [3.8, 4) is 6.07 Å². The second kappa shape index (κ2) is 7.57. The van der Waals surface area contributed by atoms with E-state index in [0.717, 1.165) is 11.6 Å². The van der Waals surface area contributed by atoms with Gasteiger partial charge in [-0.15, -0.1) is 0 Å². The van der Waals surface area contributed by atoms with Crippen molar-refractivity contribution >= 4 is 51.0 Å². The van der Waals surface area contributed by atoms with Gasteiger partial charge in [0.25, 0.3) is 15.7 Å². The van der Waals surface area contributed by atoms with E-state index < -0.39 is 20.6 Å². The first-order valence-electron chi connectivity index (χ1n) is 6.11. The Morgan fingerprint density at radius 1 is 1.17 bits per heavy atom. The molecule has 0 aromatic heterocycles. The number of hydrogen-bond donors (Lipinski definition) is 1. The van der Waals surface area contributed by atoms with Gasteiger partial charge in [-0.1, -0.05) is 17.7 Å². The topological polar surface area (TPSA) is 113 Å². The molecule has 2 rings (SSSR count). The number of nitrogens with one attached hydrogen (secondary N) is 1. The van der Waals surface area contributed by atoms with Crippen LogP contribution in [0.15, 0.2) is 47.4 Å². The SMILES string of the molecule is Cc1ccc(S(=O)(=O)Nc2ccc(C#N)cc2[N+](=O)[O-])cc1.[NaH]. The van der Waals surface area contributed by atoms with Crippen LogP contribution >= 0.6 is 0 Å². The molecule has 0 heterocycles. The van der Waals surface area contributed by atoms with Crippen LogP contribution in [0, 0.1) is 28.4 Å². The first-order valence-corrected chi connectivity index (χ1v) is 7.60. The maximum atomic E-state index is 12.2. The molecule has 0 radical (unpaired) electrons. The summed E-state index contributed by atoms with van der Waals surface area (Å²) in [6.45, 7) is 1.81. The van der Waals surface area contributed by atoms with Crippen LogP contribution < -0.4 is 4.72 Å². The average Bonchev–Trinajstić information content (AvgIpc) is 2.47. The number of benzene rings is 2. The molecule has 0 saturated carbocycles. The Kier molecular flexibility index (Phi) is 6.29. The van der Waals surface area contributed by atoms with Crippen molar-refractivity contribution in [3.63, 3.8) is 0 Å². The molecule has 0 aliphatic carbocycles. The van der Waals surface area contributed by atoms with Crippen LogP contribution in [0.5, 0.6) is 0 Å². The molecule has 0 amide bonds. The molecule has 0 aliphatic rings. The van der Waals surface area contributed by atoms with Crippen LogP contribution in [0.4, 0.5) is 11.4 Å². The molecule has 0 aliphatic heterocycles. The Labute approximate surface area is 155 Å². The van der Waals surface area contributed by atoms with Gasteiger partial charge < -0.3 is 0 Å². The molecular formula is C14H12N3NaO4S. The van der Waals surface area contributed by atoms with Gasteiger partial charge >= 0.3 is 29.6 Å². The predicted octanol–water partition coefficient (Wildman–Crippen LogP) is 1.93. The quantitative estimate of drug-likeness (QED) is 0.518. The van der Waals surface area contributed by atoms with Crippen LogP contribution in [0.1, 0.15) is 11.1 Å². The third-order valence-corrected chi connectivity index (χ3v) is 4.28. The molecule has 1 N–H and O–H groups in total. The fraction of sp³-hybridized carbons (Fsp3) is 0.0714. The predicted molar refractivity (Wildman–Crippen MR) is 86.9 cm³/mol. The molecular weight excluding hydrogens is 329 g/mol. The molecule has 0 unspecified atom stereocenters. The maximum absolute atomic E-state index is 12.2. The molecule has 0 bridgehead atoms. The second-order valence-electron chi connectivity index (χ2n) is 4.52. The number of nitro groups is 1. The Bertz CT molecular complexity index is 874. The van der Waals surface area contributed by atoms with Gasteiger partial charge in [0.15, 0.2) is 0 Å². The van der Waals surface area contributed by atoms with Crippen molar-refractivity contribution in [3.05, 3.63) is 63.7 Å². The van der Waals surface area contributed by atoms with Crippen molar-refractivity contribution < 1.29 is 13.3 Å². The second-order valence-corrected chi connectivity index (χ2v) is 6.20. The van der Waals surface area contributed by atoms with Crippen molar-refractivity contribution in [1.82, 2.24) is 0 Å². The Hall–Kier alpha value is -1.92. The number of sulfonamides is 1. The number of nitro benzene ring substituents is 1. The molecule has 0 fully saturated rings. The fourth-order valence-electron chi connectivity index (χ4n) is 1.76. The molecule has 2 aromatic rings. The van der Waals surface area contributed by atoms with Crippen molar-refractivity contribution in [2.24, 2.45) is 0 Å². The monoisotopic (exact) mass is 341 g/mol. The van der Waals surface area contributed by atoms with Crippen molar-refractivity contribution in [2.75, 3.05) is 4.72 Å². The molecule has 114 valence electrons. The molecule has 0 atom stereocenters. The normalized spacial score (nSPS) is 10.3. The summed E-state index contributed by atoms with van der Waals surface area (Å²) in [6, 6.07) is 11.4. The van der Waals surface area contributed by atoms with Crippen molar-refractivity contribution in [1.29, 1.82) is 5.26 Å². The van der Waals surface area contributed by atoms with E-state index in [1.807, 2.05) is 6.92 Å². The van der Waals surface area contributed by atoms with Crippen LogP contribution in [-0.4, -0.2) is 42.9 Å². The summed E-state index contributed by atoms with van der Waals surface area (Å²) in [7, 11) is -3.94. The van der Waals surface area contributed by atoms with Gasteiger partial charge in [-0.05, 0) is 31.2 Å². The summed E-state index contributed by atoms with van der Waals surface area (Å²) in [5.74, 6) is 0. The van der Waals surface area contributed by atoms with Crippen LogP contribution in [0.25, 0.3) is 0 Å². The number of rotatable bonds is 4. The minimum absolute atomic E-state index is 0. The van der Waals surface area contributed by atoms with Crippen molar-refractivity contribution in [2.45, 2.75) is 11.8 Å². The van der Waals surface area contributed by atoms with Crippen LogP contribution in [0.2, 0.25) is 0 Å². The van der Waals surface area contributed by atoms with Gasteiger partial charge in [0, 0.05) is 6.07 Å². The third kappa shape index (κ3) is 4.53. The van der Waals surface area contributed by atoms with E-state index in [1.165, 1.54) is 24.3 Å². The van der Waals surface area contributed by atoms with Crippen LogP contribution in [0.3, 0.4) is 0 Å². The van der Waals surface area contributed by atoms with E-state index in [4.69, 9.17) is 5.26 Å². The van der Waals surface area contributed by atoms with Gasteiger partial charge in [-0.3, -0.25) is 14.8 Å². The number of hydrogen-bond acceptors (Lipinski definition) is 5. The zero-order valence-electron chi connectivity index (χ0n) is 11.5. The van der Waals surface area contributed by atoms with Crippen LogP contribution in [-0.2, 0) is 10.0 Å². The van der Waals surface area contributed by atoms with E-state index >= 15 is 0 Å². The Morgan fingerprint density at radius 2 is 1.78 bits per heavy atom. The van der Waals surface area contributed by atoms with E-state index in [0.29, 0.717) is 0 Å². The van der Waals surface area contributed by atoms with Gasteiger partial charge in [0.2, 0.25) is 0 Å².